The molecule has 2 amide bonds. The van der Waals surface area contributed by atoms with E-state index in [-0.39, 0.29) is 25.0 Å². The second kappa shape index (κ2) is 6.53. The predicted octanol–water partition coefficient (Wildman–Crippen LogP) is 3.32. The molecule has 2 aromatic carbocycles. The first-order valence-corrected chi connectivity index (χ1v) is 7.91. The van der Waals surface area contributed by atoms with Gasteiger partial charge in [-0.15, -0.1) is 0 Å². The van der Waals surface area contributed by atoms with Crippen molar-refractivity contribution in [3.63, 3.8) is 0 Å². The minimum absolute atomic E-state index is 0.0918. The fourth-order valence-electron chi connectivity index (χ4n) is 2.64. The van der Waals surface area contributed by atoms with Crippen LogP contribution in [0.4, 0.5) is 11.4 Å². The van der Waals surface area contributed by atoms with Gasteiger partial charge in [-0.3, -0.25) is 14.5 Å². The first kappa shape index (κ1) is 16.3. The van der Waals surface area contributed by atoms with Crippen LogP contribution in [-0.4, -0.2) is 25.0 Å². The van der Waals surface area contributed by atoms with Crippen LogP contribution >= 0.6 is 11.6 Å². The average molecular weight is 345 g/mol. The van der Waals surface area contributed by atoms with Crippen molar-refractivity contribution in [3.8, 4) is 5.75 Å². The SMILES string of the molecule is Cc1ccc(NC(=O)CN2C(=O)COc3ccc(Cl)cc32)c(C)c1. The quantitative estimate of drug-likeness (QED) is 0.929. The second-order valence-corrected chi connectivity index (χ2v) is 6.18. The summed E-state index contributed by atoms with van der Waals surface area (Å²) < 4.78 is 5.37. The fourth-order valence-corrected chi connectivity index (χ4v) is 2.80. The Morgan fingerprint density at radius 3 is 2.79 bits per heavy atom. The van der Waals surface area contributed by atoms with E-state index in [9.17, 15) is 9.59 Å². The molecule has 1 aliphatic rings. The van der Waals surface area contributed by atoms with Gasteiger partial charge in [0.15, 0.2) is 6.61 Å². The van der Waals surface area contributed by atoms with E-state index < -0.39 is 0 Å². The van der Waals surface area contributed by atoms with Crippen molar-refractivity contribution < 1.29 is 14.3 Å². The van der Waals surface area contributed by atoms with Gasteiger partial charge >= 0.3 is 0 Å². The molecule has 124 valence electrons. The van der Waals surface area contributed by atoms with Crippen LogP contribution in [0.15, 0.2) is 36.4 Å². The number of nitrogens with zero attached hydrogens (tertiary/aromatic N) is 1. The van der Waals surface area contributed by atoms with Crippen molar-refractivity contribution in [2.75, 3.05) is 23.4 Å². The minimum atomic E-state index is -0.277. The zero-order valence-corrected chi connectivity index (χ0v) is 14.2. The highest BCUT2D eigenvalue weighted by Gasteiger charge is 2.27. The van der Waals surface area contributed by atoms with Crippen LogP contribution < -0.4 is 15.0 Å². The maximum Gasteiger partial charge on any atom is 0.265 e. The lowest BCUT2D eigenvalue weighted by molar-refractivity contribution is -0.123. The third-order valence-electron chi connectivity index (χ3n) is 3.82. The van der Waals surface area contributed by atoms with E-state index in [2.05, 4.69) is 5.32 Å². The van der Waals surface area contributed by atoms with Gasteiger partial charge in [0.1, 0.15) is 12.3 Å². The number of aryl methyl sites for hydroxylation is 2. The molecular weight excluding hydrogens is 328 g/mol. The molecule has 0 atom stereocenters. The lowest BCUT2D eigenvalue weighted by atomic mass is 10.1. The number of hydrogen-bond donors (Lipinski definition) is 1. The van der Waals surface area contributed by atoms with Crippen LogP contribution in [0, 0.1) is 13.8 Å². The molecule has 0 spiro atoms. The first-order chi connectivity index (χ1) is 11.4. The zero-order chi connectivity index (χ0) is 17.3. The highest BCUT2D eigenvalue weighted by Crippen LogP contribution is 2.34. The number of ether oxygens (including phenoxy) is 1. The molecule has 5 nitrogen and oxygen atoms in total. The van der Waals surface area contributed by atoms with E-state index in [1.807, 2.05) is 32.0 Å². The molecule has 0 saturated heterocycles. The van der Waals surface area contributed by atoms with E-state index in [0.717, 1.165) is 16.8 Å². The Morgan fingerprint density at radius 1 is 1.25 bits per heavy atom. The van der Waals surface area contributed by atoms with Crippen molar-refractivity contribution >= 4 is 34.8 Å². The Morgan fingerprint density at radius 2 is 2.04 bits per heavy atom. The van der Waals surface area contributed by atoms with Gasteiger partial charge in [0.2, 0.25) is 5.91 Å². The number of anilines is 2. The fraction of sp³-hybridized carbons (Fsp3) is 0.222. The molecule has 6 heteroatoms. The highest BCUT2D eigenvalue weighted by atomic mass is 35.5. The zero-order valence-electron chi connectivity index (χ0n) is 13.4. The number of carbonyl (C=O) groups excluding carboxylic acids is 2. The van der Waals surface area contributed by atoms with Gasteiger partial charge in [0, 0.05) is 10.7 Å². The van der Waals surface area contributed by atoms with Crippen molar-refractivity contribution in [3.05, 3.63) is 52.5 Å². The maximum atomic E-state index is 12.4. The van der Waals surface area contributed by atoms with E-state index >= 15 is 0 Å². The molecule has 0 unspecified atom stereocenters. The molecule has 3 rings (SSSR count). The topological polar surface area (TPSA) is 58.6 Å². The number of nitrogens with one attached hydrogen (secondary N) is 1. The van der Waals surface area contributed by atoms with Gasteiger partial charge in [-0.1, -0.05) is 29.3 Å². The number of hydrogen-bond acceptors (Lipinski definition) is 3. The van der Waals surface area contributed by atoms with E-state index in [4.69, 9.17) is 16.3 Å². The molecule has 0 bridgehead atoms. The van der Waals surface area contributed by atoms with Crippen LogP contribution in [0.3, 0.4) is 0 Å². The standard InChI is InChI=1S/C18H17ClN2O3/c1-11-3-5-14(12(2)7-11)20-17(22)9-21-15-8-13(19)4-6-16(15)24-10-18(21)23/h3-8H,9-10H2,1-2H3,(H,20,22). The minimum Gasteiger partial charge on any atom is -0.482 e. The molecular formula is C18H17ClN2O3. The van der Waals surface area contributed by atoms with Gasteiger partial charge in [-0.05, 0) is 43.7 Å². The van der Waals surface area contributed by atoms with Crippen LogP contribution in [0.25, 0.3) is 0 Å². The predicted molar refractivity (Wildman–Crippen MR) is 93.8 cm³/mol. The highest BCUT2D eigenvalue weighted by molar-refractivity contribution is 6.31. The molecule has 1 N–H and O–H groups in total. The number of amides is 2. The van der Waals surface area contributed by atoms with Gasteiger partial charge in [-0.25, -0.2) is 0 Å². The average Bonchev–Trinajstić information content (AvgIpc) is 2.53. The second-order valence-electron chi connectivity index (χ2n) is 5.75. The summed E-state index contributed by atoms with van der Waals surface area (Å²) in [7, 11) is 0. The normalized spacial score (nSPS) is 13.3. The molecule has 0 radical (unpaired) electrons. The lowest BCUT2D eigenvalue weighted by Crippen LogP contribution is -2.43. The summed E-state index contributed by atoms with van der Waals surface area (Å²) >= 11 is 6.00. The Balaban J connectivity index is 1.79. The van der Waals surface area contributed by atoms with Crippen molar-refractivity contribution in [1.82, 2.24) is 0 Å². The summed E-state index contributed by atoms with van der Waals surface area (Å²) in [5.74, 6) is -0.0120. The number of rotatable bonds is 3. The number of benzene rings is 2. The molecule has 0 aliphatic carbocycles. The van der Waals surface area contributed by atoms with E-state index in [1.54, 1.807) is 18.2 Å². The molecule has 2 aromatic rings. The maximum absolute atomic E-state index is 12.4. The van der Waals surface area contributed by atoms with Crippen LogP contribution in [0.1, 0.15) is 11.1 Å². The summed E-state index contributed by atoms with van der Waals surface area (Å²) in [6, 6.07) is 10.8. The summed E-state index contributed by atoms with van der Waals surface area (Å²) in [4.78, 5) is 25.9. The van der Waals surface area contributed by atoms with Gasteiger partial charge in [0.05, 0.1) is 5.69 Å². The van der Waals surface area contributed by atoms with Gasteiger partial charge in [0.25, 0.3) is 5.91 Å². The molecule has 0 saturated carbocycles. The van der Waals surface area contributed by atoms with Crippen molar-refractivity contribution in [2.45, 2.75) is 13.8 Å². The van der Waals surface area contributed by atoms with Crippen LogP contribution in [0.2, 0.25) is 5.02 Å². The Labute approximate surface area is 145 Å². The smallest absolute Gasteiger partial charge is 0.265 e. The largest absolute Gasteiger partial charge is 0.482 e. The van der Waals surface area contributed by atoms with Crippen LogP contribution in [-0.2, 0) is 9.59 Å². The van der Waals surface area contributed by atoms with E-state index in [1.165, 1.54) is 4.90 Å². The summed E-state index contributed by atoms with van der Waals surface area (Å²) in [5, 5.41) is 3.32. The Hall–Kier alpha value is -2.53. The van der Waals surface area contributed by atoms with Crippen molar-refractivity contribution in [1.29, 1.82) is 0 Å². The molecule has 1 heterocycles. The third kappa shape index (κ3) is 3.36. The molecule has 0 aromatic heterocycles. The van der Waals surface area contributed by atoms with Crippen molar-refractivity contribution in [2.24, 2.45) is 0 Å². The molecule has 0 fully saturated rings. The summed E-state index contributed by atoms with van der Waals surface area (Å²) in [6.45, 7) is 3.73. The van der Waals surface area contributed by atoms with Crippen LogP contribution in [0.5, 0.6) is 5.75 Å². The van der Waals surface area contributed by atoms with Gasteiger partial charge < -0.3 is 10.1 Å². The number of fused-ring (bicyclic) bond motifs is 1. The molecule has 1 aliphatic heterocycles. The lowest BCUT2D eigenvalue weighted by Gasteiger charge is -2.29. The Kier molecular flexibility index (Phi) is 4.44. The number of halogens is 1. The Bertz CT molecular complexity index is 820. The molecule has 24 heavy (non-hydrogen) atoms. The van der Waals surface area contributed by atoms with Gasteiger partial charge in [-0.2, -0.15) is 0 Å². The van der Waals surface area contributed by atoms with E-state index in [0.29, 0.717) is 16.5 Å². The monoisotopic (exact) mass is 344 g/mol. The summed E-state index contributed by atoms with van der Waals surface area (Å²) in [5.41, 5.74) is 3.34. The first-order valence-electron chi connectivity index (χ1n) is 7.54. The number of carbonyl (C=O) groups is 2. The third-order valence-corrected chi connectivity index (χ3v) is 4.06. The summed E-state index contributed by atoms with van der Waals surface area (Å²) in [6.07, 6.45) is 0.